The van der Waals surface area contributed by atoms with Gasteiger partial charge in [-0.3, -0.25) is 0 Å². The van der Waals surface area contributed by atoms with E-state index in [9.17, 15) is 0 Å². The molecular formula is C9H18N2S. The second-order valence-corrected chi connectivity index (χ2v) is 5.36. The molecule has 3 heteroatoms. The molecule has 2 rings (SSSR count). The van der Waals surface area contributed by atoms with Gasteiger partial charge in [0.15, 0.2) is 0 Å². The zero-order valence-electron chi connectivity index (χ0n) is 8.17. The zero-order valence-corrected chi connectivity index (χ0v) is 9.06. The maximum Gasteiger partial charge on any atom is 0.0475 e. The van der Waals surface area contributed by atoms with Crippen molar-refractivity contribution in [3.8, 4) is 0 Å². The van der Waals surface area contributed by atoms with Crippen LogP contribution < -0.4 is 0 Å². The lowest BCUT2D eigenvalue weighted by Crippen LogP contribution is -2.46. The Balaban J connectivity index is 2.32. The minimum atomic E-state index is 0.296. The zero-order chi connectivity index (χ0) is 8.98. The van der Waals surface area contributed by atoms with Crippen molar-refractivity contribution >= 4 is 12.8 Å². The molecule has 0 bridgehead atoms. The molecule has 0 aromatic rings. The number of thiol groups is 1. The first-order chi connectivity index (χ1) is 5.48. The molecule has 2 heterocycles. The number of hydrogen-bond donors (Lipinski definition) is 1. The lowest BCUT2D eigenvalue weighted by molar-refractivity contribution is 0.193. The third kappa shape index (κ3) is 0.903. The second kappa shape index (κ2) is 2.40. The third-order valence-corrected chi connectivity index (χ3v) is 4.58. The summed E-state index contributed by atoms with van der Waals surface area (Å²) in [6.07, 6.45) is 1.29. The van der Waals surface area contributed by atoms with E-state index in [2.05, 4.69) is 42.9 Å². The maximum absolute atomic E-state index is 4.55. The molecule has 2 aliphatic heterocycles. The molecule has 0 aromatic heterocycles. The van der Waals surface area contributed by atoms with E-state index in [4.69, 9.17) is 0 Å². The first-order valence-electron chi connectivity index (χ1n) is 4.63. The van der Waals surface area contributed by atoms with Crippen LogP contribution in [0.4, 0.5) is 0 Å². The highest BCUT2D eigenvalue weighted by atomic mass is 32.1. The summed E-state index contributed by atoms with van der Waals surface area (Å²) in [5.74, 6) is 0. The highest BCUT2D eigenvalue weighted by molar-refractivity contribution is 7.77. The Morgan fingerprint density at radius 3 is 2.50 bits per heavy atom. The quantitative estimate of drug-likeness (QED) is 0.569. The van der Waals surface area contributed by atoms with Gasteiger partial charge in [0.1, 0.15) is 0 Å². The van der Waals surface area contributed by atoms with Crippen LogP contribution in [0, 0.1) is 5.41 Å². The number of rotatable bonds is 0. The van der Waals surface area contributed by atoms with Crippen molar-refractivity contribution < 1.29 is 0 Å². The van der Waals surface area contributed by atoms with E-state index in [1.54, 1.807) is 0 Å². The predicted octanol–water partition coefficient (Wildman–Crippen LogP) is 1.25. The molecule has 70 valence electrons. The molecule has 2 aliphatic rings. The van der Waals surface area contributed by atoms with E-state index in [1.165, 1.54) is 13.0 Å². The van der Waals surface area contributed by atoms with Gasteiger partial charge in [-0.25, -0.2) is 4.31 Å². The van der Waals surface area contributed by atoms with E-state index in [-0.39, 0.29) is 0 Å². The Morgan fingerprint density at radius 1 is 1.25 bits per heavy atom. The van der Waals surface area contributed by atoms with Gasteiger partial charge in [-0.15, -0.1) is 0 Å². The van der Waals surface area contributed by atoms with E-state index >= 15 is 0 Å². The molecule has 2 atom stereocenters. The Bertz CT molecular complexity index is 209. The lowest BCUT2D eigenvalue weighted by atomic mass is 9.76. The smallest absolute Gasteiger partial charge is 0.0475 e. The van der Waals surface area contributed by atoms with Crippen molar-refractivity contribution in [1.29, 1.82) is 0 Å². The van der Waals surface area contributed by atoms with Gasteiger partial charge in [0.2, 0.25) is 0 Å². The number of likely N-dealkylation sites (tertiary alicyclic amines) is 1. The van der Waals surface area contributed by atoms with Crippen LogP contribution >= 0.6 is 12.8 Å². The average molecular weight is 186 g/mol. The van der Waals surface area contributed by atoms with Crippen molar-refractivity contribution in [2.24, 2.45) is 5.41 Å². The molecule has 0 radical (unpaired) electrons. The normalized spacial score (nSPS) is 50.0. The van der Waals surface area contributed by atoms with Crippen molar-refractivity contribution in [3.05, 3.63) is 0 Å². The summed E-state index contributed by atoms with van der Waals surface area (Å²) in [5, 5.41) is 0. The molecule has 2 saturated heterocycles. The molecule has 0 aliphatic carbocycles. The molecule has 2 fully saturated rings. The average Bonchev–Trinajstić information content (AvgIpc) is 2.28. The molecule has 0 aromatic carbocycles. The summed E-state index contributed by atoms with van der Waals surface area (Å²) >= 11 is 4.55. The van der Waals surface area contributed by atoms with E-state index in [1.807, 2.05) is 0 Å². The van der Waals surface area contributed by atoms with Crippen LogP contribution in [0.3, 0.4) is 0 Å². The summed E-state index contributed by atoms with van der Waals surface area (Å²) in [5.41, 5.74) is 0.758. The largest absolute Gasteiger partial charge is 0.304 e. The molecule has 0 spiro atoms. The Morgan fingerprint density at radius 2 is 1.92 bits per heavy atom. The molecule has 0 amide bonds. The van der Waals surface area contributed by atoms with Gasteiger partial charge < -0.3 is 4.90 Å². The molecule has 0 N–H and O–H groups in total. The van der Waals surface area contributed by atoms with Crippen LogP contribution in [0.25, 0.3) is 0 Å². The van der Waals surface area contributed by atoms with Gasteiger partial charge in [0.05, 0.1) is 0 Å². The van der Waals surface area contributed by atoms with Crippen LogP contribution in [-0.4, -0.2) is 41.4 Å². The highest BCUT2D eigenvalue weighted by Crippen LogP contribution is 2.50. The summed E-state index contributed by atoms with van der Waals surface area (Å²) in [4.78, 5) is 2.42. The monoisotopic (exact) mass is 186 g/mol. The number of nitrogens with zero attached hydrogens (tertiary/aromatic N) is 2. The maximum atomic E-state index is 4.55. The Labute approximate surface area is 80.5 Å². The van der Waals surface area contributed by atoms with Crippen LogP contribution in [-0.2, 0) is 0 Å². The molecule has 12 heavy (non-hydrogen) atoms. The Hall–Kier alpha value is 0.270. The van der Waals surface area contributed by atoms with Crippen LogP contribution in [0.1, 0.15) is 20.3 Å². The van der Waals surface area contributed by atoms with Crippen molar-refractivity contribution in [2.75, 3.05) is 26.7 Å². The van der Waals surface area contributed by atoms with Crippen molar-refractivity contribution in [1.82, 2.24) is 9.21 Å². The van der Waals surface area contributed by atoms with Gasteiger partial charge in [0, 0.05) is 30.6 Å². The van der Waals surface area contributed by atoms with E-state index in [0.29, 0.717) is 11.0 Å². The SMILES string of the molecule is CN1C[C@]2(C)CCN(S)[C@]2(C)C1. The number of hydrogen-bond acceptors (Lipinski definition) is 3. The highest BCUT2D eigenvalue weighted by Gasteiger charge is 2.57. The van der Waals surface area contributed by atoms with E-state index < -0.39 is 0 Å². The minimum absolute atomic E-state index is 0.296. The fourth-order valence-corrected chi connectivity index (χ4v) is 3.28. The van der Waals surface area contributed by atoms with Crippen LogP contribution in [0.2, 0.25) is 0 Å². The van der Waals surface area contributed by atoms with Gasteiger partial charge in [0.25, 0.3) is 0 Å². The topological polar surface area (TPSA) is 6.48 Å². The molecule has 0 saturated carbocycles. The van der Waals surface area contributed by atoms with Crippen LogP contribution in [0.15, 0.2) is 0 Å². The second-order valence-electron chi connectivity index (χ2n) is 4.88. The Kier molecular flexibility index (Phi) is 1.77. The minimum Gasteiger partial charge on any atom is -0.304 e. The van der Waals surface area contributed by atoms with Crippen molar-refractivity contribution in [2.45, 2.75) is 25.8 Å². The third-order valence-electron chi connectivity index (χ3n) is 3.94. The van der Waals surface area contributed by atoms with Crippen LogP contribution in [0.5, 0.6) is 0 Å². The first kappa shape index (κ1) is 8.85. The summed E-state index contributed by atoms with van der Waals surface area (Å²) < 4.78 is 2.23. The summed E-state index contributed by atoms with van der Waals surface area (Å²) in [6.45, 7) is 8.26. The molecule has 2 nitrogen and oxygen atoms in total. The number of fused-ring (bicyclic) bond motifs is 1. The number of likely N-dealkylation sites (N-methyl/N-ethyl adjacent to an activating group) is 1. The fraction of sp³-hybridized carbons (Fsp3) is 1.00. The van der Waals surface area contributed by atoms with Gasteiger partial charge >= 0.3 is 0 Å². The lowest BCUT2D eigenvalue weighted by Gasteiger charge is -2.36. The van der Waals surface area contributed by atoms with Gasteiger partial charge in [-0.2, -0.15) is 0 Å². The van der Waals surface area contributed by atoms with Gasteiger partial charge in [-0.05, 0) is 20.4 Å². The molecular weight excluding hydrogens is 168 g/mol. The standard InChI is InChI=1S/C9H18N2S/c1-8-4-5-11(12)9(8,2)7-10(3)6-8/h12H,4-7H2,1-3H3/t8-,9+/m0/s1. The fourth-order valence-electron chi connectivity index (χ4n) is 2.88. The predicted molar refractivity (Wildman–Crippen MR) is 54.3 cm³/mol. The van der Waals surface area contributed by atoms with Gasteiger partial charge in [-0.1, -0.05) is 19.7 Å². The summed E-state index contributed by atoms with van der Waals surface area (Å²) in [7, 11) is 2.20. The van der Waals surface area contributed by atoms with Crippen molar-refractivity contribution in [3.63, 3.8) is 0 Å². The first-order valence-corrected chi connectivity index (χ1v) is 5.03. The summed E-state index contributed by atoms with van der Waals surface area (Å²) in [6, 6.07) is 0. The van der Waals surface area contributed by atoms with E-state index in [0.717, 1.165) is 13.1 Å². The molecule has 0 unspecified atom stereocenters.